The highest BCUT2D eigenvalue weighted by Gasteiger charge is 2.35. The quantitative estimate of drug-likeness (QED) is 0.325. The number of hydrogen-bond donors (Lipinski definition) is 3. The summed E-state index contributed by atoms with van der Waals surface area (Å²) in [6.45, 7) is 8.99. The molecule has 0 bridgehead atoms. The first-order valence-corrected chi connectivity index (χ1v) is 9.51. The van der Waals surface area contributed by atoms with Gasteiger partial charge in [-0.25, -0.2) is 4.79 Å². The minimum Gasteiger partial charge on any atom is -0.463 e. The van der Waals surface area contributed by atoms with Crippen molar-refractivity contribution in [1.29, 1.82) is 5.41 Å². The zero-order chi connectivity index (χ0) is 21.7. The van der Waals surface area contributed by atoms with E-state index in [2.05, 4.69) is 5.32 Å². The van der Waals surface area contributed by atoms with Crippen LogP contribution < -0.4 is 11.1 Å². The maximum absolute atomic E-state index is 12.0. The van der Waals surface area contributed by atoms with Crippen molar-refractivity contribution < 1.29 is 23.9 Å². The van der Waals surface area contributed by atoms with Gasteiger partial charge in [0.15, 0.2) is 5.78 Å². The molecule has 0 unspecified atom stereocenters. The summed E-state index contributed by atoms with van der Waals surface area (Å²) < 4.78 is 11.1. The summed E-state index contributed by atoms with van der Waals surface area (Å²) in [5.41, 5.74) is 6.68. The molecule has 0 aromatic carbocycles. The molecule has 8 heteroatoms. The second-order valence-electron chi connectivity index (χ2n) is 6.45. The SMILES string of the molecule is CC(=O)C=C=N.CCOC(=O)C1=C[C@@H](OC(CC)CC)[C@H](NC(C)=O)[C@@H](N)C1. The third-order valence-corrected chi connectivity index (χ3v) is 4.08. The fourth-order valence-electron chi connectivity index (χ4n) is 2.72. The van der Waals surface area contributed by atoms with E-state index in [9.17, 15) is 14.4 Å². The van der Waals surface area contributed by atoms with Crippen LogP contribution in [-0.2, 0) is 23.9 Å². The molecular weight excluding hydrogens is 362 g/mol. The Bertz CT molecular complexity index is 607. The van der Waals surface area contributed by atoms with Crippen LogP contribution in [-0.4, -0.2) is 54.4 Å². The monoisotopic (exact) mass is 395 g/mol. The van der Waals surface area contributed by atoms with Gasteiger partial charge in [-0.3, -0.25) is 15.0 Å². The number of rotatable bonds is 8. The first-order chi connectivity index (χ1) is 13.2. The Kier molecular flexibility index (Phi) is 12.7. The average Bonchev–Trinajstić information content (AvgIpc) is 2.62. The van der Waals surface area contributed by atoms with Gasteiger partial charge in [0, 0.05) is 24.6 Å². The maximum Gasteiger partial charge on any atom is 0.333 e. The van der Waals surface area contributed by atoms with Crippen molar-refractivity contribution in [2.75, 3.05) is 6.61 Å². The second-order valence-corrected chi connectivity index (χ2v) is 6.45. The second kappa shape index (κ2) is 13.8. The maximum atomic E-state index is 12.0. The van der Waals surface area contributed by atoms with Crippen LogP contribution in [0.1, 0.15) is 53.9 Å². The topological polar surface area (TPSA) is 132 Å². The Hall–Kier alpha value is -2.28. The third-order valence-electron chi connectivity index (χ3n) is 4.08. The Labute approximate surface area is 167 Å². The van der Waals surface area contributed by atoms with Crippen molar-refractivity contribution in [3.63, 3.8) is 0 Å². The van der Waals surface area contributed by atoms with Gasteiger partial charge in [-0.15, -0.1) is 0 Å². The molecule has 4 N–H and O–H groups in total. The number of amides is 1. The molecule has 1 aliphatic carbocycles. The summed E-state index contributed by atoms with van der Waals surface area (Å²) >= 11 is 0. The first kappa shape index (κ1) is 25.7. The Morgan fingerprint density at radius 1 is 1.32 bits per heavy atom. The van der Waals surface area contributed by atoms with Crippen LogP contribution in [0.2, 0.25) is 0 Å². The molecule has 0 saturated carbocycles. The van der Waals surface area contributed by atoms with Crippen molar-refractivity contribution >= 4 is 23.5 Å². The van der Waals surface area contributed by atoms with E-state index in [1.165, 1.54) is 13.8 Å². The molecule has 8 nitrogen and oxygen atoms in total. The molecule has 0 saturated heterocycles. The normalized spacial score (nSPS) is 20.8. The summed E-state index contributed by atoms with van der Waals surface area (Å²) in [7, 11) is 0. The lowest BCUT2D eigenvalue weighted by Gasteiger charge is -2.36. The predicted molar refractivity (Wildman–Crippen MR) is 107 cm³/mol. The van der Waals surface area contributed by atoms with E-state index in [1.807, 2.05) is 19.7 Å². The van der Waals surface area contributed by atoms with Gasteiger partial charge in [0.25, 0.3) is 0 Å². The van der Waals surface area contributed by atoms with Crippen molar-refractivity contribution in [3.05, 3.63) is 17.7 Å². The fraction of sp³-hybridized carbons (Fsp3) is 0.650. The summed E-state index contributed by atoms with van der Waals surface area (Å²) in [5, 5.41) is 9.05. The van der Waals surface area contributed by atoms with Crippen LogP contribution in [0.15, 0.2) is 17.7 Å². The molecule has 1 amide bonds. The molecule has 158 valence electrons. The van der Waals surface area contributed by atoms with E-state index >= 15 is 0 Å². The number of allylic oxidation sites excluding steroid dienone is 1. The summed E-state index contributed by atoms with van der Waals surface area (Å²) in [4.78, 5) is 33.2. The standard InChI is InChI=1S/C16H28N2O4.C4H5NO/c1-5-12(6-2)22-14-9-11(16(20)21-7-3)8-13(17)15(14)18-10(4)19;1-4(6)2-3-5/h9,12-15H,5-8,17H2,1-4H3,(H,18,19);2,5H,1H3/t13-,14+,15+;/m0./s1. The molecule has 1 aliphatic rings. The average molecular weight is 396 g/mol. The minimum absolute atomic E-state index is 0.0613. The van der Waals surface area contributed by atoms with Crippen LogP contribution >= 0.6 is 0 Å². The van der Waals surface area contributed by atoms with Crippen LogP contribution in [0.3, 0.4) is 0 Å². The van der Waals surface area contributed by atoms with Gasteiger partial charge in [-0.1, -0.05) is 13.8 Å². The lowest BCUT2D eigenvalue weighted by molar-refractivity contribution is -0.139. The first-order valence-electron chi connectivity index (χ1n) is 9.51. The lowest BCUT2D eigenvalue weighted by Crippen LogP contribution is -2.57. The van der Waals surface area contributed by atoms with E-state index in [0.717, 1.165) is 18.9 Å². The van der Waals surface area contributed by atoms with E-state index in [-0.39, 0.29) is 35.8 Å². The minimum atomic E-state index is -0.419. The van der Waals surface area contributed by atoms with Gasteiger partial charge in [0.2, 0.25) is 5.91 Å². The zero-order valence-corrected chi connectivity index (χ0v) is 17.4. The molecule has 28 heavy (non-hydrogen) atoms. The molecule has 0 aromatic rings. The number of hydrogen-bond acceptors (Lipinski definition) is 7. The van der Waals surface area contributed by atoms with E-state index in [1.54, 1.807) is 13.0 Å². The molecule has 3 atom stereocenters. The molecule has 0 heterocycles. The number of ketones is 1. The van der Waals surface area contributed by atoms with Gasteiger partial charge < -0.3 is 20.5 Å². The van der Waals surface area contributed by atoms with Crippen molar-refractivity contribution in [3.8, 4) is 0 Å². The largest absolute Gasteiger partial charge is 0.463 e. The highest BCUT2D eigenvalue weighted by atomic mass is 16.5. The molecule has 0 radical (unpaired) electrons. The highest BCUT2D eigenvalue weighted by molar-refractivity contribution is 5.94. The number of ether oxygens (including phenoxy) is 2. The van der Waals surface area contributed by atoms with Gasteiger partial charge in [-0.05, 0) is 45.1 Å². The zero-order valence-electron chi connectivity index (χ0n) is 17.4. The Morgan fingerprint density at radius 3 is 2.32 bits per heavy atom. The van der Waals surface area contributed by atoms with E-state index in [4.69, 9.17) is 20.6 Å². The fourth-order valence-corrected chi connectivity index (χ4v) is 2.72. The summed E-state index contributed by atoms with van der Waals surface area (Å²) in [5.74, 6) is 1.18. The molecular formula is C20H33N3O5. The number of carbonyl (C=O) groups is 3. The summed E-state index contributed by atoms with van der Waals surface area (Å²) in [6, 6.07) is -0.719. The number of nitrogens with two attached hydrogens (primary N) is 1. The van der Waals surface area contributed by atoms with Gasteiger partial charge >= 0.3 is 5.97 Å². The van der Waals surface area contributed by atoms with Gasteiger partial charge in [0.05, 0.1) is 24.9 Å². The summed E-state index contributed by atoms with van der Waals surface area (Å²) in [6.07, 6.45) is 4.55. The predicted octanol–water partition coefficient (Wildman–Crippen LogP) is 1.67. The lowest BCUT2D eigenvalue weighted by atomic mass is 9.88. The Balaban J connectivity index is 0.00000105. The molecule has 1 rings (SSSR count). The van der Waals surface area contributed by atoms with Gasteiger partial charge in [-0.2, -0.15) is 0 Å². The number of carbonyl (C=O) groups excluding carboxylic acids is 3. The van der Waals surface area contributed by atoms with Crippen LogP contribution in [0, 0.1) is 5.41 Å². The molecule has 0 spiro atoms. The van der Waals surface area contributed by atoms with Crippen LogP contribution in [0.5, 0.6) is 0 Å². The van der Waals surface area contributed by atoms with Crippen molar-refractivity contribution in [2.45, 2.75) is 78.2 Å². The van der Waals surface area contributed by atoms with Gasteiger partial charge in [0.1, 0.15) is 0 Å². The Morgan fingerprint density at radius 2 is 1.93 bits per heavy atom. The third kappa shape index (κ3) is 9.60. The molecule has 0 fully saturated rings. The van der Waals surface area contributed by atoms with E-state index < -0.39 is 6.10 Å². The highest BCUT2D eigenvalue weighted by Crippen LogP contribution is 2.24. The van der Waals surface area contributed by atoms with E-state index in [0.29, 0.717) is 18.6 Å². The number of nitrogens with one attached hydrogen (secondary N) is 2. The van der Waals surface area contributed by atoms with Crippen molar-refractivity contribution in [2.24, 2.45) is 5.73 Å². The van der Waals surface area contributed by atoms with Crippen molar-refractivity contribution in [1.82, 2.24) is 5.32 Å². The molecule has 0 aromatic heterocycles. The van der Waals surface area contributed by atoms with Crippen LogP contribution in [0.25, 0.3) is 0 Å². The smallest absolute Gasteiger partial charge is 0.333 e. The number of esters is 1. The van der Waals surface area contributed by atoms with Crippen LogP contribution in [0.4, 0.5) is 0 Å². The molecule has 0 aliphatic heterocycles.